The molecular formula is C18H26FNO. The summed E-state index contributed by atoms with van der Waals surface area (Å²) in [5.74, 6) is 0.789. The molecule has 0 heterocycles. The lowest BCUT2D eigenvalue weighted by Gasteiger charge is -2.37. The van der Waals surface area contributed by atoms with E-state index in [1.165, 1.54) is 38.5 Å². The van der Waals surface area contributed by atoms with Crippen molar-refractivity contribution in [2.24, 2.45) is 11.7 Å². The fourth-order valence-corrected chi connectivity index (χ4v) is 3.65. The van der Waals surface area contributed by atoms with Gasteiger partial charge in [0.2, 0.25) is 0 Å². The maximum atomic E-state index is 14.3. The van der Waals surface area contributed by atoms with Gasteiger partial charge in [0.05, 0.1) is 6.61 Å². The average molecular weight is 291 g/mol. The molecular weight excluding hydrogens is 265 g/mol. The first-order chi connectivity index (χ1) is 10.2. The minimum absolute atomic E-state index is 0.0222. The number of halogens is 1. The molecule has 2 aliphatic carbocycles. The standard InChI is InChI=1S/C18H26FNO/c19-16-11-15(18(13-20)9-2-1-3-10-18)7-8-17(16)21-12-14-5-4-6-14/h7-8,11,14H,1-6,9-10,12-13,20H2. The van der Waals surface area contributed by atoms with Crippen LogP contribution in [0, 0.1) is 11.7 Å². The van der Waals surface area contributed by atoms with Gasteiger partial charge in [0, 0.05) is 12.0 Å². The van der Waals surface area contributed by atoms with Gasteiger partial charge in [-0.3, -0.25) is 0 Å². The molecule has 0 atom stereocenters. The van der Waals surface area contributed by atoms with Crippen LogP contribution in [0.3, 0.4) is 0 Å². The summed E-state index contributed by atoms with van der Waals surface area (Å²) in [5.41, 5.74) is 7.06. The van der Waals surface area contributed by atoms with Crippen molar-refractivity contribution >= 4 is 0 Å². The molecule has 0 aromatic heterocycles. The number of rotatable bonds is 5. The topological polar surface area (TPSA) is 35.2 Å². The van der Waals surface area contributed by atoms with E-state index in [4.69, 9.17) is 10.5 Å². The second-order valence-electron chi connectivity index (χ2n) is 6.80. The second kappa shape index (κ2) is 6.35. The molecule has 0 aliphatic heterocycles. The van der Waals surface area contributed by atoms with Gasteiger partial charge in [-0.1, -0.05) is 31.7 Å². The third-order valence-electron chi connectivity index (χ3n) is 5.44. The van der Waals surface area contributed by atoms with E-state index in [0.717, 1.165) is 18.4 Å². The highest BCUT2D eigenvalue weighted by molar-refractivity contribution is 5.34. The molecule has 0 saturated heterocycles. The van der Waals surface area contributed by atoms with Crippen molar-refractivity contribution in [3.63, 3.8) is 0 Å². The summed E-state index contributed by atoms with van der Waals surface area (Å²) < 4.78 is 20.0. The Morgan fingerprint density at radius 2 is 1.90 bits per heavy atom. The fraction of sp³-hybridized carbons (Fsp3) is 0.667. The first-order valence-electron chi connectivity index (χ1n) is 8.36. The molecule has 0 radical (unpaired) electrons. The van der Waals surface area contributed by atoms with Crippen LogP contribution in [-0.2, 0) is 5.41 Å². The molecule has 2 fully saturated rings. The first-order valence-corrected chi connectivity index (χ1v) is 8.36. The Morgan fingerprint density at radius 1 is 1.14 bits per heavy atom. The Balaban J connectivity index is 1.72. The summed E-state index contributed by atoms with van der Waals surface area (Å²) in [4.78, 5) is 0. The zero-order chi connectivity index (χ0) is 14.7. The van der Waals surface area contributed by atoms with Crippen molar-refractivity contribution in [3.8, 4) is 5.75 Å². The SMILES string of the molecule is NCC1(c2ccc(OCC3CCC3)c(F)c2)CCCCC1. The van der Waals surface area contributed by atoms with Gasteiger partial charge < -0.3 is 10.5 Å². The molecule has 1 aromatic carbocycles. The van der Waals surface area contributed by atoms with Gasteiger partial charge in [-0.2, -0.15) is 0 Å². The molecule has 21 heavy (non-hydrogen) atoms. The zero-order valence-electron chi connectivity index (χ0n) is 12.7. The number of ether oxygens (including phenoxy) is 1. The van der Waals surface area contributed by atoms with Crippen LogP contribution in [0.5, 0.6) is 5.75 Å². The average Bonchev–Trinajstić information content (AvgIpc) is 2.48. The molecule has 0 unspecified atom stereocenters. The van der Waals surface area contributed by atoms with Crippen molar-refractivity contribution in [2.75, 3.05) is 13.2 Å². The quantitative estimate of drug-likeness (QED) is 0.884. The van der Waals surface area contributed by atoms with E-state index in [2.05, 4.69) is 0 Å². The molecule has 2 nitrogen and oxygen atoms in total. The molecule has 2 saturated carbocycles. The fourth-order valence-electron chi connectivity index (χ4n) is 3.65. The van der Waals surface area contributed by atoms with Gasteiger partial charge in [-0.15, -0.1) is 0 Å². The number of nitrogens with two attached hydrogens (primary N) is 1. The van der Waals surface area contributed by atoms with Crippen LogP contribution in [0.25, 0.3) is 0 Å². The third-order valence-corrected chi connectivity index (χ3v) is 5.44. The summed E-state index contributed by atoms with van der Waals surface area (Å²) in [6.45, 7) is 1.26. The van der Waals surface area contributed by atoms with E-state index >= 15 is 0 Å². The molecule has 0 spiro atoms. The Hall–Kier alpha value is -1.09. The summed E-state index contributed by atoms with van der Waals surface area (Å²) in [6.07, 6.45) is 9.53. The summed E-state index contributed by atoms with van der Waals surface area (Å²) in [7, 11) is 0. The highest BCUT2D eigenvalue weighted by Crippen LogP contribution is 2.39. The lowest BCUT2D eigenvalue weighted by molar-refractivity contribution is 0.175. The molecule has 3 rings (SSSR count). The van der Waals surface area contributed by atoms with Crippen LogP contribution in [0.4, 0.5) is 4.39 Å². The lowest BCUT2D eigenvalue weighted by atomic mass is 9.69. The molecule has 116 valence electrons. The Bertz CT molecular complexity index is 478. The van der Waals surface area contributed by atoms with E-state index < -0.39 is 0 Å². The Kier molecular flexibility index (Phi) is 4.48. The normalized spacial score (nSPS) is 21.8. The van der Waals surface area contributed by atoms with Crippen molar-refractivity contribution in [1.29, 1.82) is 0 Å². The predicted octanol–water partition coefficient (Wildman–Crippen LogP) is 4.17. The van der Waals surface area contributed by atoms with E-state index in [0.29, 0.717) is 24.8 Å². The lowest BCUT2D eigenvalue weighted by Crippen LogP contribution is -2.37. The summed E-state index contributed by atoms with van der Waals surface area (Å²) in [6, 6.07) is 5.49. The van der Waals surface area contributed by atoms with Crippen molar-refractivity contribution in [3.05, 3.63) is 29.6 Å². The van der Waals surface area contributed by atoms with Crippen molar-refractivity contribution < 1.29 is 9.13 Å². The van der Waals surface area contributed by atoms with Crippen LogP contribution in [0.1, 0.15) is 56.9 Å². The first kappa shape index (κ1) is 14.8. The minimum Gasteiger partial charge on any atom is -0.490 e. The summed E-state index contributed by atoms with van der Waals surface area (Å²) >= 11 is 0. The highest BCUT2D eigenvalue weighted by Gasteiger charge is 2.33. The zero-order valence-corrected chi connectivity index (χ0v) is 12.7. The molecule has 0 amide bonds. The van der Waals surface area contributed by atoms with Gasteiger partial charge in [0.1, 0.15) is 0 Å². The van der Waals surface area contributed by atoms with Gasteiger partial charge >= 0.3 is 0 Å². The van der Waals surface area contributed by atoms with Crippen LogP contribution >= 0.6 is 0 Å². The van der Waals surface area contributed by atoms with Gasteiger partial charge in [0.15, 0.2) is 11.6 Å². The monoisotopic (exact) mass is 291 g/mol. The van der Waals surface area contributed by atoms with Crippen LogP contribution in [0.2, 0.25) is 0 Å². The predicted molar refractivity (Wildman–Crippen MR) is 83.1 cm³/mol. The number of benzene rings is 1. The largest absolute Gasteiger partial charge is 0.490 e. The molecule has 2 aliphatic rings. The van der Waals surface area contributed by atoms with Gasteiger partial charge in [0.25, 0.3) is 0 Å². The third kappa shape index (κ3) is 3.08. The second-order valence-corrected chi connectivity index (χ2v) is 6.80. The number of hydrogen-bond donors (Lipinski definition) is 1. The van der Waals surface area contributed by atoms with E-state index in [1.807, 2.05) is 6.07 Å². The van der Waals surface area contributed by atoms with Crippen LogP contribution in [0.15, 0.2) is 18.2 Å². The van der Waals surface area contributed by atoms with E-state index in [-0.39, 0.29) is 11.2 Å². The summed E-state index contributed by atoms with van der Waals surface area (Å²) in [5, 5.41) is 0. The van der Waals surface area contributed by atoms with E-state index in [1.54, 1.807) is 12.1 Å². The van der Waals surface area contributed by atoms with Crippen LogP contribution in [-0.4, -0.2) is 13.2 Å². The Labute approximate surface area is 126 Å². The molecule has 3 heteroatoms. The minimum atomic E-state index is -0.231. The maximum absolute atomic E-state index is 14.3. The van der Waals surface area contributed by atoms with E-state index in [9.17, 15) is 4.39 Å². The molecule has 2 N–H and O–H groups in total. The smallest absolute Gasteiger partial charge is 0.165 e. The number of hydrogen-bond acceptors (Lipinski definition) is 2. The van der Waals surface area contributed by atoms with Crippen molar-refractivity contribution in [1.82, 2.24) is 0 Å². The van der Waals surface area contributed by atoms with Crippen LogP contribution < -0.4 is 10.5 Å². The Morgan fingerprint density at radius 3 is 2.48 bits per heavy atom. The van der Waals surface area contributed by atoms with Crippen molar-refractivity contribution in [2.45, 2.75) is 56.8 Å². The maximum Gasteiger partial charge on any atom is 0.165 e. The highest BCUT2D eigenvalue weighted by atomic mass is 19.1. The van der Waals surface area contributed by atoms with Gasteiger partial charge in [-0.25, -0.2) is 4.39 Å². The molecule has 1 aromatic rings. The van der Waals surface area contributed by atoms with Gasteiger partial charge in [-0.05, 0) is 49.3 Å². The molecule has 0 bridgehead atoms.